The number of amides is 2. The zero-order valence-electron chi connectivity index (χ0n) is 14.1. The van der Waals surface area contributed by atoms with Gasteiger partial charge in [-0.3, -0.25) is 4.79 Å². The molecule has 1 fully saturated rings. The first-order valence-electron chi connectivity index (χ1n) is 7.99. The van der Waals surface area contributed by atoms with E-state index in [1.807, 2.05) is 24.3 Å². The summed E-state index contributed by atoms with van der Waals surface area (Å²) < 4.78 is 15.5. The van der Waals surface area contributed by atoms with Crippen molar-refractivity contribution in [2.75, 3.05) is 40.5 Å². The van der Waals surface area contributed by atoms with E-state index in [1.165, 1.54) is 7.11 Å². The summed E-state index contributed by atoms with van der Waals surface area (Å²) in [7, 11) is 2.89. The van der Waals surface area contributed by atoms with Crippen molar-refractivity contribution in [2.24, 2.45) is 5.92 Å². The highest BCUT2D eigenvalue weighted by Gasteiger charge is 2.24. The van der Waals surface area contributed by atoms with Crippen LogP contribution >= 0.6 is 0 Å². The lowest BCUT2D eigenvalue weighted by Crippen LogP contribution is -2.46. The highest BCUT2D eigenvalue weighted by Crippen LogP contribution is 2.22. The Morgan fingerprint density at radius 3 is 2.83 bits per heavy atom. The third kappa shape index (κ3) is 5.33. The second-order valence-electron chi connectivity index (χ2n) is 5.68. The molecule has 0 saturated carbocycles. The molecule has 1 saturated heterocycles. The summed E-state index contributed by atoms with van der Waals surface area (Å²) in [6.45, 7) is 1.83. The van der Waals surface area contributed by atoms with E-state index in [4.69, 9.17) is 9.47 Å². The van der Waals surface area contributed by atoms with Gasteiger partial charge in [0.1, 0.15) is 18.0 Å². The fraction of sp³-hybridized carbons (Fsp3) is 0.529. The van der Waals surface area contributed by atoms with E-state index in [1.54, 1.807) is 12.0 Å². The fourth-order valence-corrected chi connectivity index (χ4v) is 2.66. The molecule has 1 aliphatic rings. The minimum Gasteiger partial charge on any atom is -0.497 e. The van der Waals surface area contributed by atoms with Crippen molar-refractivity contribution in [1.29, 1.82) is 0 Å². The Kier molecular flexibility index (Phi) is 6.72. The van der Waals surface area contributed by atoms with Crippen molar-refractivity contribution in [3.8, 4) is 11.5 Å². The summed E-state index contributed by atoms with van der Waals surface area (Å²) in [6, 6.07) is 7.46. The number of carbonyl (C=O) groups is 2. The van der Waals surface area contributed by atoms with Gasteiger partial charge < -0.3 is 24.4 Å². The van der Waals surface area contributed by atoms with Crippen molar-refractivity contribution in [2.45, 2.75) is 12.8 Å². The minimum absolute atomic E-state index is 0.0455. The van der Waals surface area contributed by atoms with E-state index in [0.29, 0.717) is 19.7 Å². The van der Waals surface area contributed by atoms with E-state index in [0.717, 1.165) is 24.3 Å². The number of nitrogens with one attached hydrogen (secondary N) is 1. The number of rotatable bonds is 6. The van der Waals surface area contributed by atoms with Crippen molar-refractivity contribution >= 4 is 12.0 Å². The Hall–Kier alpha value is -2.44. The SMILES string of the molecule is COC(=O)NCC(=O)N1CCC[C@H](COc2cccc(OC)c2)C1. The van der Waals surface area contributed by atoms with E-state index in [9.17, 15) is 9.59 Å². The molecule has 2 amide bonds. The second kappa shape index (κ2) is 9.00. The Morgan fingerprint density at radius 2 is 2.08 bits per heavy atom. The van der Waals surface area contributed by atoms with Crippen LogP contribution in [0.2, 0.25) is 0 Å². The Bertz CT molecular complexity index is 564. The van der Waals surface area contributed by atoms with Crippen LogP contribution in [-0.4, -0.2) is 57.4 Å². The van der Waals surface area contributed by atoms with E-state index in [-0.39, 0.29) is 18.4 Å². The molecule has 1 heterocycles. The number of hydrogen-bond donors (Lipinski definition) is 1. The van der Waals surface area contributed by atoms with Gasteiger partial charge in [0.05, 0.1) is 20.8 Å². The Labute approximate surface area is 141 Å². The maximum absolute atomic E-state index is 12.1. The second-order valence-corrected chi connectivity index (χ2v) is 5.68. The maximum Gasteiger partial charge on any atom is 0.407 e. The number of piperidine rings is 1. The van der Waals surface area contributed by atoms with Crippen molar-refractivity contribution in [3.05, 3.63) is 24.3 Å². The largest absolute Gasteiger partial charge is 0.497 e. The van der Waals surface area contributed by atoms with Gasteiger partial charge in [0.15, 0.2) is 0 Å². The molecule has 7 heteroatoms. The van der Waals surface area contributed by atoms with Gasteiger partial charge in [-0.05, 0) is 25.0 Å². The van der Waals surface area contributed by atoms with Crippen LogP contribution in [-0.2, 0) is 9.53 Å². The molecule has 0 bridgehead atoms. The van der Waals surface area contributed by atoms with Crippen LogP contribution in [0, 0.1) is 5.92 Å². The normalized spacial score (nSPS) is 17.1. The van der Waals surface area contributed by atoms with Crippen LogP contribution in [0.5, 0.6) is 11.5 Å². The lowest BCUT2D eigenvalue weighted by molar-refractivity contribution is -0.132. The Morgan fingerprint density at radius 1 is 1.29 bits per heavy atom. The van der Waals surface area contributed by atoms with Gasteiger partial charge in [0.2, 0.25) is 5.91 Å². The zero-order valence-corrected chi connectivity index (χ0v) is 14.1. The third-order valence-electron chi connectivity index (χ3n) is 3.97. The van der Waals surface area contributed by atoms with E-state index >= 15 is 0 Å². The molecule has 0 unspecified atom stereocenters. The first-order chi connectivity index (χ1) is 11.6. The summed E-state index contributed by atoms with van der Waals surface area (Å²) >= 11 is 0. The predicted molar refractivity (Wildman–Crippen MR) is 88.2 cm³/mol. The molecular formula is C17H24N2O5. The average molecular weight is 336 g/mol. The number of alkyl carbamates (subject to hydrolysis) is 1. The first kappa shape index (κ1) is 17.9. The standard InChI is InChI=1S/C17H24N2O5/c1-22-14-6-3-7-15(9-14)24-12-13-5-4-8-19(11-13)16(20)10-18-17(21)23-2/h3,6-7,9,13H,4-5,8,10-12H2,1-2H3,(H,18,21)/t13-/m0/s1. The minimum atomic E-state index is -0.599. The highest BCUT2D eigenvalue weighted by molar-refractivity contribution is 5.82. The van der Waals surface area contributed by atoms with Crippen LogP contribution in [0.3, 0.4) is 0 Å². The van der Waals surface area contributed by atoms with Gasteiger partial charge in [0, 0.05) is 25.1 Å². The summed E-state index contributed by atoms with van der Waals surface area (Å²) in [5, 5.41) is 2.42. The quantitative estimate of drug-likeness (QED) is 0.855. The topological polar surface area (TPSA) is 77.1 Å². The molecular weight excluding hydrogens is 312 g/mol. The summed E-state index contributed by atoms with van der Waals surface area (Å²) in [6.07, 6.45) is 1.34. The molecule has 7 nitrogen and oxygen atoms in total. The number of ether oxygens (including phenoxy) is 3. The zero-order chi connectivity index (χ0) is 17.4. The van der Waals surface area contributed by atoms with Crippen molar-refractivity contribution in [3.63, 3.8) is 0 Å². The van der Waals surface area contributed by atoms with E-state index in [2.05, 4.69) is 10.1 Å². The van der Waals surface area contributed by atoms with Gasteiger partial charge in [-0.2, -0.15) is 0 Å². The van der Waals surface area contributed by atoms with Crippen LogP contribution in [0.25, 0.3) is 0 Å². The summed E-state index contributed by atoms with van der Waals surface area (Å²) in [5.74, 6) is 1.67. The Balaban J connectivity index is 1.79. The molecule has 2 rings (SSSR count). The fourth-order valence-electron chi connectivity index (χ4n) is 2.66. The molecule has 1 aromatic rings. The molecule has 0 aromatic heterocycles. The van der Waals surface area contributed by atoms with Crippen LogP contribution < -0.4 is 14.8 Å². The number of methoxy groups -OCH3 is 2. The number of benzene rings is 1. The molecule has 0 aliphatic carbocycles. The number of hydrogen-bond acceptors (Lipinski definition) is 5. The van der Waals surface area contributed by atoms with Gasteiger partial charge in [-0.25, -0.2) is 4.79 Å². The predicted octanol–water partition coefficient (Wildman–Crippen LogP) is 1.67. The molecule has 1 aliphatic heterocycles. The van der Waals surface area contributed by atoms with Crippen molar-refractivity contribution in [1.82, 2.24) is 10.2 Å². The smallest absolute Gasteiger partial charge is 0.407 e. The molecule has 1 N–H and O–H groups in total. The van der Waals surface area contributed by atoms with Crippen LogP contribution in [0.4, 0.5) is 4.79 Å². The molecule has 0 radical (unpaired) electrons. The lowest BCUT2D eigenvalue weighted by atomic mass is 9.99. The van der Waals surface area contributed by atoms with Gasteiger partial charge >= 0.3 is 6.09 Å². The highest BCUT2D eigenvalue weighted by atomic mass is 16.5. The van der Waals surface area contributed by atoms with Gasteiger partial charge in [-0.15, -0.1) is 0 Å². The first-order valence-corrected chi connectivity index (χ1v) is 7.99. The molecule has 1 atom stereocenters. The molecule has 24 heavy (non-hydrogen) atoms. The maximum atomic E-state index is 12.1. The van der Waals surface area contributed by atoms with Crippen molar-refractivity contribution < 1.29 is 23.8 Å². The monoisotopic (exact) mass is 336 g/mol. The van der Waals surface area contributed by atoms with Crippen LogP contribution in [0.15, 0.2) is 24.3 Å². The van der Waals surface area contributed by atoms with Gasteiger partial charge in [0.25, 0.3) is 0 Å². The average Bonchev–Trinajstić information content (AvgIpc) is 2.64. The van der Waals surface area contributed by atoms with Gasteiger partial charge in [-0.1, -0.05) is 6.07 Å². The number of nitrogens with zero attached hydrogens (tertiary/aromatic N) is 1. The number of likely N-dealkylation sites (tertiary alicyclic amines) is 1. The third-order valence-corrected chi connectivity index (χ3v) is 3.97. The molecule has 0 spiro atoms. The lowest BCUT2D eigenvalue weighted by Gasteiger charge is -2.32. The molecule has 1 aromatic carbocycles. The van der Waals surface area contributed by atoms with Crippen LogP contribution in [0.1, 0.15) is 12.8 Å². The van der Waals surface area contributed by atoms with E-state index < -0.39 is 6.09 Å². The molecule has 132 valence electrons. The number of carbonyl (C=O) groups excluding carboxylic acids is 2. The summed E-state index contributed by atoms with van der Waals surface area (Å²) in [4.78, 5) is 24.9. The summed E-state index contributed by atoms with van der Waals surface area (Å²) in [5.41, 5.74) is 0.